The summed E-state index contributed by atoms with van der Waals surface area (Å²) >= 11 is 0. The zero-order chi connectivity index (χ0) is 8.77. The number of carbonyl (C=O) groups excluding carboxylic acids is 1. The van der Waals surface area contributed by atoms with Gasteiger partial charge in [-0.2, -0.15) is 0 Å². The predicted octanol–water partition coefficient (Wildman–Crippen LogP) is 0.359. The topological polar surface area (TPSA) is 32.3 Å². The molecular weight excluding hydrogens is 152 g/mol. The van der Waals surface area contributed by atoms with Gasteiger partial charge in [-0.25, -0.2) is 0 Å². The number of fused-ring (bicyclic) bond motifs is 1. The molecule has 0 aromatic heterocycles. The van der Waals surface area contributed by atoms with Gasteiger partial charge in [0.25, 0.3) is 0 Å². The fourth-order valence-electron chi connectivity index (χ4n) is 2.31. The maximum atomic E-state index is 11.1. The molecule has 0 radical (unpaired) electrons. The van der Waals surface area contributed by atoms with E-state index in [1.54, 1.807) is 0 Å². The second kappa shape index (κ2) is 2.46. The zero-order valence-corrected chi connectivity index (χ0v) is 7.76. The maximum Gasteiger partial charge on any atom is 0.234 e. The Hall–Kier alpha value is -0.570. The number of carbonyl (C=O) groups is 1. The van der Waals surface area contributed by atoms with Crippen molar-refractivity contribution in [3.8, 4) is 0 Å². The van der Waals surface area contributed by atoms with E-state index < -0.39 is 0 Å². The number of nitrogens with zero attached hydrogens (tertiary/aromatic N) is 1. The Morgan fingerprint density at radius 2 is 2.33 bits per heavy atom. The van der Waals surface area contributed by atoms with Crippen LogP contribution in [0.5, 0.6) is 0 Å². The summed E-state index contributed by atoms with van der Waals surface area (Å²) in [6.07, 6.45) is 2.44. The Kier molecular flexibility index (Phi) is 1.65. The second-order valence-electron chi connectivity index (χ2n) is 4.44. The summed E-state index contributed by atoms with van der Waals surface area (Å²) in [5.41, 5.74) is 0.239. The fraction of sp³-hybridized carbons (Fsp3) is 0.889. The van der Waals surface area contributed by atoms with Crippen molar-refractivity contribution in [1.29, 1.82) is 0 Å². The lowest BCUT2D eigenvalue weighted by atomic mass is 10.0. The summed E-state index contributed by atoms with van der Waals surface area (Å²) in [6, 6.07) is 0.595. The molecule has 0 aliphatic carbocycles. The van der Waals surface area contributed by atoms with Crippen LogP contribution in [0.15, 0.2) is 0 Å². The summed E-state index contributed by atoms with van der Waals surface area (Å²) in [5, 5.41) is 2.91. The first-order valence-corrected chi connectivity index (χ1v) is 4.63. The highest BCUT2D eigenvalue weighted by Gasteiger charge is 2.42. The molecule has 0 aromatic rings. The van der Waals surface area contributed by atoms with E-state index in [0.717, 1.165) is 6.54 Å². The van der Waals surface area contributed by atoms with Crippen LogP contribution in [0, 0.1) is 0 Å². The van der Waals surface area contributed by atoms with E-state index in [4.69, 9.17) is 0 Å². The summed E-state index contributed by atoms with van der Waals surface area (Å²) in [7, 11) is 0. The van der Waals surface area contributed by atoms with E-state index in [1.807, 2.05) is 0 Å². The van der Waals surface area contributed by atoms with E-state index in [0.29, 0.717) is 12.6 Å². The Balaban J connectivity index is 2.15. The molecule has 2 heterocycles. The van der Waals surface area contributed by atoms with E-state index in [2.05, 4.69) is 24.1 Å². The van der Waals surface area contributed by atoms with Crippen LogP contribution < -0.4 is 5.32 Å². The number of nitrogens with one attached hydrogen (secondary N) is 1. The largest absolute Gasteiger partial charge is 0.353 e. The molecule has 2 aliphatic heterocycles. The van der Waals surface area contributed by atoms with Crippen LogP contribution in [0.4, 0.5) is 0 Å². The average molecular weight is 168 g/mol. The number of piperazine rings is 1. The van der Waals surface area contributed by atoms with Gasteiger partial charge in [-0.05, 0) is 26.7 Å². The lowest BCUT2D eigenvalue weighted by molar-refractivity contribution is -0.126. The van der Waals surface area contributed by atoms with Gasteiger partial charge in [0.05, 0.1) is 6.54 Å². The molecule has 68 valence electrons. The van der Waals surface area contributed by atoms with E-state index in [9.17, 15) is 4.79 Å². The quantitative estimate of drug-likeness (QED) is 0.566. The fourth-order valence-corrected chi connectivity index (χ4v) is 2.31. The minimum atomic E-state index is 0.182. The first-order valence-electron chi connectivity index (χ1n) is 4.63. The third-order valence-electron chi connectivity index (χ3n) is 3.16. The van der Waals surface area contributed by atoms with Crippen LogP contribution >= 0.6 is 0 Å². The summed E-state index contributed by atoms with van der Waals surface area (Å²) in [6.45, 7) is 5.90. The average Bonchev–Trinajstić information content (AvgIpc) is 2.28. The van der Waals surface area contributed by atoms with Crippen LogP contribution in [-0.4, -0.2) is 35.5 Å². The smallest absolute Gasteiger partial charge is 0.234 e. The highest BCUT2D eigenvalue weighted by molar-refractivity contribution is 5.79. The van der Waals surface area contributed by atoms with Crippen LogP contribution in [0.2, 0.25) is 0 Å². The number of hydrogen-bond acceptors (Lipinski definition) is 2. The van der Waals surface area contributed by atoms with Gasteiger partial charge in [0.2, 0.25) is 5.91 Å². The van der Waals surface area contributed by atoms with Crippen LogP contribution in [0.3, 0.4) is 0 Å². The SMILES string of the molecule is CC1(C)CC[C@H]2CNC(=O)CN21. The van der Waals surface area contributed by atoms with Crippen molar-refractivity contribution in [3.05, 3.63) is 0 Å². The molecule has 0 unspecified atom stereocenters. The third-order valence-corrected chi connectivity index (χ3v) is 3.16. The molecule has 3 heteroatoms. The molecule has 0 spiro atoms. The van der Waals surface area contributed by atoms with Crippen molar-refractivity contribution in [2.45, 2.75) is 38.3 Å². The van der Waals surface area contributed by atoms with Gasteiger partial charge in [0.1, 0.15) is 0 Å². The molecule has 2 saturated heterocycles. The molecular formula is C9H16N2O. The zero-order valence-electron chi connectivity index (χ0n) is 7.76. The van der Waals surface area contributed by atoms with Crippen LogP contribution in [0.25, 0.3) is 0 Å². The Bertz CT molecular complexity index is 213. The van der Waals surface area contributed by atoms with Crippen molar-refractivity contribution in [1.82, 2.24) is 10.2 Å². The number of amides is 1. The molecule has 2 rings (SSSR count). The van der Waals surface area contributed by atoms with Crippen molar-refractivity contribution in [3.63, 3.8) is 0 Å². The van der Waals surface area contributed by atoms with E-state index in [-0.39, 0.29) is 11.4 Å². The monoisotopic (exact) mass is 168 g/mol. The number of rotatable bonds is 0. The minimum absolute atomic E-state index is 0.182. The highest BCUT2D eigenvalue weighted by atomic mass is 16.2. The summed E-state index contributed by atoms with van der Waals surface area (Å²) in [5.74, 6) is 0.182. The van der Waals surface area contributed by atoms with Gasteiger partial charge in [-0.3, -0.25) is 9.69 Å². The summed E-state index contributed by atoms with van der Waals surface area (Å²) in [4.78, 5) is 13.5. The minimum Gasteiger partial charge on any atom is -0.353 e. The maximum absolute atomic E-state index is 11.1. The van der Waals surface area contributed by atoms with E-state index >= 15 is 0 Å². The Labute approximate surface area is 73.1 Å². The molecule has 0 saturated carbocycles. The molecule has 1 amide bonds. The lowest BCUT2D eigenvalue weighted by Gasteiger charge is -2.38. The molecule has 12 heavy (non-hydrogen) atoms. The van der Waals surface area contributed by atoms with Crippen molar-refractivity contribution >= 4 is 5.91 Å². The number of hydrogen-bond donors (Lipinski definition) is 1. The predicted molar refractivity (Wildman–Crippen MR) is 46.8 cm³/mol. The summed E-state index contributed by atoms with van der Waals surface area (Å²) < 4.78 is 0. The van der Waals surface area contributed by atoms with Crippen LogP contribution in [0.1, 0.15) is 26.7 Å². The van der Waals surface area contributed by atoms with Crippen molar-refractivity contribution in [2.75, 3.05) is 13.1 Å². The van der Waals surface area contributed by atoms with Gasteiger partial charge in [-0.15, -0.1) is 0 Å². The molecule has 1 N–H and O–H groups in total. The molecule has 2 aliphatic rings. The first kappa shape index (κ1) is 8.05. The molecule has 1 atom stereocenters. The Morgan fingerprint density at radius 3 is 3.08 bits per heavy atom. The van der Waals surface area contributed by atoms with Crippen molar-refractivity contribution < 1.29 is 4.79 Å². The molecule has 2 fully saturated rings. The van der Waals surface area contributed by atoms with Gasteiger partial charge < -0.3 is 5.32 Å². The Morgan fingerprint density at radius 1 is 1.58 bits per heavy atom. The first-order chi connectivity index (χ1) is 5.59. The second-order valence-corrected chi connectivity index (χ2v) is 4.44. The van der Waals surface area contributed by atoms with Crippen molar-refractivity contribution in [2.24, 2.45) is 0 Å². The third kappa shape index (κ3) is 1.12. The standard InChI is InChI=1S/C9H16N2O/c1-9(2)4-3-7-5-10-8(12)6-11(7)9/h7H,3-6H2,1-2H3,(H,10,12)/t7-/m0/s1. The van der Waals surface area contributed by atoms with Crippen LogP contribution in [-0.2, 0) is 4.79 Å². The van der Waals surface area contributed by atoms with Gasteiger partial charge >= 0.3 is 0 Å². The highest BCUT2D eigenvalue weighted by Crippen LogP contribution is 2.33. The van der Waals surface area contributed by atoms with E-state index in [1.165, 1.54) is 12.8 Å². The van der Waals surface area contributed by atoms with Gasteiger partial charge in [0.15, 0.2) is 0 Å². The molecule has 0 bridgehead atoms. The molecule has 0 aromatic carbocycles. The molecule has 3 nitrogen and oxygen atoms in total. The lowest BCUT2D eigenvalue weighted by Crippen LogP contribution is -2.56. The van der Waals surface area contributed by atoms with Gasteiger partial charge in [0, 0.05) is 18.1 Å². The van der Waals surface area contributed by atoms with Gasteiger partial charge in [-0.1, -0.05) is 0 Å². The normalized spacial score (nSPS) is 34.5.